The molecule has 1 atom stereocenters. The van der Waals surface area contributed by atoms with Crippen LogP contribution >= 0.6 is 24.0 Å². The van der Waals surface area contributed by atoms with Crippen LogP contribution in [0.4, 0.5) is 0 Å². The lowest BCUT2D eigenvalue weighted by atomic mass is 9.96. The van der Waals surface area contributed by atoms with Crippen molar-refractivity contribution >= 4 is 29.9 Å². The molecule has 0 aliphatic rings. The van der Waals surface area contributed by atoms with Crippen molar-refractivity contribution in [1.29, 1.82) is 0 Å². The normalized spacial score (nSPS) is 13.9. The van der Waals surface area contributed by atoms with Gasteiger partial charge >= 0.3 is 0 Å². The summed E-state index contributed by atoms with van der Waals surface area (Å²) in [6.45, 7) is 12.2. The molecule has 0 amide bonds. The standard InChI is InChI=1S/C24H35N3O2.HI/c1-6-25-22(27-18-24(5,28)21-13-8-7-9-14-21)26-16-19-11-10-12-20(15-19)17-29-23(2,3)4;/h7-15,28H,6,16-18H2,1-5H3,(H2,25,26,27);1H. The Morgan fingerprint density at radius 3 is 2.27 bits per heavy atom. The molecule has 0 fully saturated rings. The molecule has 0 saturated heterocycles. The summed E-state index contributed by atoms with van der Waals surface area (Å²) in [7, 11) is 0. The Kier molecular flexibility index (Phi) is 10.8. The van der Waals surface area contributed by atoms with Gasteiger partial charge < -0.3 is 20.5 Å². The summed E-state index contributed by atoms with van der Waals surface area (Å²) in [5, 5.41) is 17.3. The number of aliphatic hydroxyl groups is 1. The summed E-state index contributed by atoms with van der Waals surface area (Å²) >= 11 is 0. The van der Waals surface area contributed by atoms with E-state index in [0.29, 0.717) is 25.7 Å². The van der Waals surface area contributed by atoms with Crippen LogP contribution in [-0.4, -0.2) is 29.8 Å². The van der Waals surface area contributed by atoms with E-state index in [4.69, 9.17) is 4.74 Å². The molecule has 0 radical (unpaired) electrons. The number of rotatable bonds is 8. The number of halogens is 1. The Labute approximate surface area is 198 Å². The van der Waals surface area contributed by atoms with E-state index in [0.717, 1.165) is 23.2 Å². The third-order valence-corrected chi connectivity index (χ3v) is 4.42. The van der Waals surface area contributed by atoms with Gasteiger partial charge in [0.15, 0.2) is 5.96 Å². The van der Waals surface area contributed by atoms with Crippen LogP contribution in [0.3, 0.4) is 0 Å². The number of benzene rings is 2. The van der Waals surface area contributed by atoms with E-state index in [-0.39, 0.29) is 29.6 Å². The molecule has 1 unspecified atom stereocenters. The molecule has 3 N–H and O–H groups in total. The van der Waals surface area contributed by atoms with Crippen molar-refractivity contribution in [2.24, 2.45) is 4.99 Å². The van der Waals surface area contributed by atoms with Crippen LogP contribution in [-0.2, 0) is 23.5 Å². The highest BCUT2D eigenvalue weighted by molar-refractivity contribution is 14.0. The minimum absolute atomic E-state index is 0. The second-order valence-electron chi connectivity index (χ2n) is 8.41. The lowest BCUT2D eigenvalue weighted by Gasteiger charge is -2.25. The number of nitrogens with zero attached hydrogens (tertiary/aromatic N) is 1. The third kappa shape index (κ3) is 9.45. The Balaban J connectivity index is 0.00000450. The molecule has 0 heterocycles. The van der Waals surface area contributed by atoms with Gasteiger partial charge in [-0.25, -0.2) is 4.99 Å². The Morgan fingerprint density at radius 2 is 1.63 bits per heavy atom. The van der Waals surface area contributed by atoms with Gasteiger partial charge in [0, 0.05) is 6.54 Å². The molecule has 0 saturated carbocycles. The van der Waals surface area contributed by atoms with Gasteiger partial charge in [0.1, 0.15) is 5.60 Å². The molecule has 0 bridgehead atoms. The highest BCUT2D eigenvalue weighted by atomic mass is 127. The van der Waals surface area contributed by atoms with E-state index in [2.05, 4.69) is 54.6 Å². The van der Waals surface area contributed by atoms with Crippen LogP contribution in [0.15, 0.2) is 59.6 Å². The predicted molar refractivity (Wildman–Crippen MR) is 135 cm³/mol. The van der Waals surface area contributed by atoms with Crippen LogP contribution in [0.1, 0.15) is 51.3 Å². The Hall–Kier alpha value is -1.64. The maximum absolute atomic E-state index is 10.8. The average molecular weight is 525 g/mol. The van der Waals surface area contributed by atoms with Crippen LogP contribution in [0, 0.1) is 0 Å². The fourth-order valence-electron chi connectivity index (χ4n) is 2.78. The molecule has 30 heavy (non-hydrogen) atoms. The van der Waals surface area contributed by atoms with Crippen molar-refractivity contribution in [3.63, 3.8) is 0 Å². The molecule has 0 spiro atoms. The second kappa shape index (κ2) is 12.3. The summed E-state index contributed by atoms with van der Waals surface area (Å²) in [5.41, 5.74) is 1.98. The zero-order chi connectivity index (χ0) is 21.3. The number of hydrogen-bond donors (Lipinski definition) is 3. The smallest absolute Gasteiger partial charge is 0.191 e. The van der Waals surface area contributed by atoms with Crippen molar-refractivity contribution in [3.05, 3.63) is 71.3 Å². The maximum atomic E-state index is 10.8. The summed E-state index contributed by atoms with van der Waals surface area (Å²) < 4.78 is 5.86. The van der Waals surface area contributed by atoms with E-state index >= 15 is 0 Å². The predicted octanol–water partition coefficient (Wildman–Crippen LogP) is 4.58. The zero-order valence-electron chi connectivity index (χ0n) is 18.7. The molecular weight excluding hydrogens is 489 g/mol. The number of nitrogens with one attached hydrogen (secondary N) is 2. The summed E-state index contributed by atoms with van der Waals surface area (Å²) in [5.74, 6) is 0.681. The SMILES string of the molecule is CCNC(=NCc1cccc(COC(C)(C)C)c1)NCC(C)(O)c1ccccc1.I. The van der Waals surface area contributed by atoms with Crippen molar-refractivity contribution in [1.82, 2.24) is 10.6 Å². The van der Waals surface area contributed by atoms with Crippen LogP contribution in [0.5, 0.6) is 0 Å². The van der Waals surface area contributed by atoms with E-state index in [1.165, 1.54) is 0 Å². The fraction of sp³-hybridized carbons (Fsp3) is 0.458. The van der Waals surface area contributed by atoms with Gasteiger partial charge in [-0.1, -0.05) is 54.6 Å². The first-order chi connectivity index (χ1) is 13.7. The van der Waals surface area contributed by atoms with E-state index in [9.17, 15) is 5.11 Å². The van der Waals surface area contributed by atoms with Gasteiger partial charge in [0.05, 0.1) is 25.3 Å². The van der Waals surface area contributed by atoms with E-state index < -0.39 is 5.60 Å². The maximum Gasteiger partial charge on any atom is 0.191 e. The van der Waals surface area contributed by atoms with Crippen molar-refractivity contribution in [2.75, 3.05) is 13.1 Å². The van der Waals surface area contributed by atoms with E-state index in [1.807, 2.05) is 43.3 Å². The molecule has 0 aromatic heterocycles. The number of aliphatic imine (C=N–C) groups is 1. The van der Waals surface area contributed by atoms with Gasteiger partial charge in [0.2, 0.25) is 0 Å². The molecule has 166 valence electrons. The highest BCUT2D eigenvalue weighted by Gasteiger charge is 2.22. The first-order valence-electron chi connectivity index (χ1n) is 10.2. The Morgan fingerprint density at radius 1 is 0.967 bits per heavy atom. The van der Waals surface area contributed by atoms with Crippen molar-refractivity contribution in [3.8, 4) is 0 Å². The molecular formula is C24H36IN3O2. The molecule has 2 aromatic carbocycles. The molecule has 5 nitrogen and oxygen atoms in total. The first-order valence-corrected chi connectivity index (χ1v) is 10.2. The highest BCUT2D eigenvalue weighted by Crippen LogP contribution is 2.19. The van der Waals surface area contributed by atoms with Crippen molar-refractivity contribution in [2.45, 2.75) is 59.0 Å². The zero-order valence-corrected chi connectivity index (χ0v) is 21.1. The number of ether oxygens (including phenoxy) is 1. The average Bonchev–Trinajstić information content (AvgIpc) is 2.69. The Bertz CT molecular complexity index is 787. The molecule has 6 heteroatoms. The molecule has 0 aliphatic carbocycles. The van der Waals surface area contributed by atoms with E-state index in [1.54, 1.807) is 6.92 Å². The lowest BCUT2D eigenvalue weighted by molar-refractivity contribution is -0.0149. The van der Waals surface area contributed by atoms with Gasteiger partial charge in [-0.05, 0) is 51.3 Å². The topological polar surface area (TPSA) is 65.9 Å². The molecule has 2 aromatic rings. The quantitative estimate of drug-likeness (QED) is 0.268. The van der Waals surface area contributed by atoms with Crippen LogP contribution in [0.2, 0.25) is 0 Å². The monoisotopic (exact) mass is 525 g/mol. The summed E-state index contributed by atoms with van der Waals surface area (Å²) in [4.78, 5) is 4.67. The van der Waals surface area contributed by atoms with Gasteiger partial charge in [-0.3, -0.25) is 0 Å². The van der Waals surface area contributed by atoms with Crippen LogP contribution in [0.25, 0.3) is 0 Å². The number of guanidine groups is 1. The van der Waals surface area contributed by atoms with Crippen molar-refractivity contribution < 1.29 is 9.84 Å². The minimum Gasteiger partial charge on any atom is -0.384 e. The van der Waals surface area contributed by atoms with Gasteiger partial charge in [0.25, 0.3) is 0 Å². The largest absolute Gasteiger partial charge is 0.384 e. The minimum atomic E-state index is -0.984. The van der Waals surface area contributed by atoms with Gasteiger partial charge in [-0.2, -0.15) is 0 Å². The fourth-order valence-corrected chi connectivity index (χ4v) is 2.78. The van der Waals surface area contributed by atoms with Gasteiger partial charge in [-0.15, -0.1) is 24.0 Å². The lowest BCUT2D eigenvalue weighted by Crippen LogP contribution is -2.44. The number of hydrogen-bond acceptors (Lipinski definition) is 3. The summed E-state index contributed by atoms with van der Waals surface area (Å²) in [6, 6.07) is 17.9. The summed E-state index contributed by atoms with van der Waals surface area (Å²) in [6.07, 6.45) is 0. The molecule has 0 aliphatic heterocycles. The molecule has 2 rings (SSSR count). The first kappa shape index (κ1) is 26.4. The third-order valence-electron chi connectivity index (χ3n) is 4.42. The van der Waals surface area contributed by atoms with Crippen LogP contribution < -0.4 is 10.6 Å². The second-order valence-corrected chi connectivity index (χ2v) is 8.41.